The summed E-state index contributed by atoms with van der Waals surface area (Å²) in [5.41, 5.74) is 0. The third kappa shape index (κ3) is 5.42. The average Bonchev–Trinajstić information content (AvgIpc) is 3.00. The highest BCUT2D eigenvalue weighted by atomic mass is 16.3. The highest BCUT2D eigenvalue weighted by Crippen LogP contribution is 2.17. The van der Waals surface area contributed by atoms with Crippen LogP contribution in [0.5, 0.6) is 0 Å². The summed E-state index contributed by atoms with van der Waals surface area (Å²) in [6.45, 7) is 2.84. The Balaban J connectivity index is 1.68. The van der Waals surface area contributed by atoms with E-state index in [2.05, 4.69) is 10.6 Å². The van der Waals surface area contributed by atoms with Crippen LogP contribution in [-0.2, 0) is 11.3 Å². The molecule has 22 heavy (non-hydrogen) atoms. The molecule has 122 valence electrons. The Kier molecular flexibility index (Phi) is 6.30. The van der Waals surface area contributed by atoms with Crippen LogP contribution in [0.15, 0.2) is 22.8 Å². The Morgan fingerprint density at radius 2 is 2.09 bits per heavy atom. The summed E-state index contributed by atoms with van der Waals surface area (Å²) in [5, 5.41) is 5.82. The van der Waals surface area contributed by atoms with E-state index >= 15 is 0 Å². The molecular weight excluding hydrogens is 282 g/mol. The first-order chi connectivity index (χ1) is 10.6. The summed E-state index contributed by atoms with van der Waals surface area (Å²) in [5.74, 6) is 0.702. The van der Waals surface area contributed by atoms with Gasteiger partial charge in [0.05, 0.1) is 12.8 Å². The molecule has 6 nitrogen and oxygen atoms in total. The lowest BCUT2D eigenvalue weighted by atomic mass is 9.96. The lowest BCUT2D eigenvalue weighted by Crippen LogP contribution is -2.45. The van der Waals surface area contributed by atoms with Gasteiger partial charge in [0.25, 0.3) is 0 Å². The Bertz CT molecular complexity index is 467. The second kappa shape index (κ2) is 8.46. The van der Waals surface area contributed by atoms with Crippen molar-refractivity contribution in [3.8, 4) is 0 Å². The van der Waals surface area contributed by atoms with E-state index in [4.69, 9.17) is 4.42 Å². The molecular formula is C16H25N3O3. The molecule has 1 fully saturated rings. The second-order valence-corrected chi connectivity index (χ2v) is 5.76. The zero-order valence-corrected chi connectivity index (χ0v) is 13.1. The van der Waals surface area contributed by atoms with Gasteiger partial charge in [0.2, 0.25) is 5.91 Å². The monoisotopic (exact) mass is 307 g/mol. The highest BCUT2D eigenvalue weighted by Gasteiger charge is 2.16. The van der Waals surface area contributed by atoms with Crippen LogP contribution in [0.4, 0.5) is 4.79 Å². The van der Waals surface area contributed by atoms with Crippen molar-refractivity contribution in [2.24, 2.45) is 0 Å². The quantitative estimate of drug-likeness (QED) is 0.846. The molecule has 0 radical (unpaired) electrons. The minimum absolute atomic E-state index is 0.0362. The van der Waals surface area contributed by atoms with Crippen molar-refractivity contribution < 1.29 is 14.0 Å². The second-order valence-electron chi connectivity index (χ2n) is 5.76. The number of urea groups is 1. The van der Waals surface area contributed by atoms with E-state index in [1.165, 1.54) is 26.2 Å². The number of rotatable bonds is 6. The smallest absolute Gasteiger partial charge is 0.315 e. The normalized spacial score (nSPS) is 15.3. The maximum Gasteiger partial charge on any atom is 0.315 e. The van der Waals surface area contributed by atoms with Gasteiger partial charge < -0.3 is 20.0 Å². The molecule has 0 aliphatic heterocycles. The van der Waals surface area contributed by atoms with Gasteiger partial charge in [-0.15, -0.1) is 0 Å². The number of amides is 3. The molecule has 0 aromatic carbocycles. The lowest BCUT2D eigenvalue weighted by Gasteiger charge is -2.24. The number of nitrogens with zero attached hydrogens (tertiary/aromatic N) is 1. The summed E-state index contributed by atoms with van der Waals surface area (Å²) >= 11 is 0. The third-order valence-corrected chi connectivity index (χ3v) is 3.98. The first kappa shape index (κ1) is 16.4. The number of nitrogens with one attached hydrogen (secondary N) is 2. The van der Waals surface area contributed by atoms with E-state index in [0.29, 0.717) is 25.7 Å². The molecule has 3 amide bonds. The molecule has 1 aromatic rings. The average molecular weight is 307 g/mol. The van der Waals surface area contributed by atoms with E-state index in [1.54, 1.807) is 17.2 Å². The van der Waals surface area contributed by atoms with Crippen LogP contribution in [0.25, 0.3) is 0 Å². The number of furan rings is 1. The minimum Gasteiger partial charge on any atom is -0.467 e. The summed E-state index contributed by atoms with van der Waals surface area (Å²) in [4.78, 5) is 25.1. The van der Waals surface area contributed by atoms with Crippen molar-refractivity contribution in [1.82, 2.24) is 15.5 Å². The molecule has 1 aromatic heterocycles. The molecule has 0 bridgehead atoms. The van der Waals surface area contributed by atoms with Crippen molar-refractivity contribution in [2.45, 2.75) is 51.6 Å². The van der Waals surface area contributed by atoms with Crippen LogP contribution in [0.2, 0.25) is 0 Å². The van der Waals surface area contributed by atoms with Gasteiger partial charge in [-0.1, -0.05) is 19.3 Å². The SMILES string of the molecule is CC(=O)N(CCNC(=O)NC1CCCCC1)Cc1ccco1. The Hall–Kier alpha value is -1.98. The fraction of sp³-hybridized carbons (Fsp3) is 0.625. The van der Waals surface area contributed by atoms with Crippen LogP contribution in [0, 0.1) is 0 Å². The minimum atomic E-state index is -0.145. The highest BCUT2D eigenvalue weighted by molar-refractivity contribution is 5.75. The molecule has 6 heteroatoms. The molecule has 0 saturated heterocycles. The number of hydrogen-bond acceptors (Lipinski definition) is 3. The molecule has 2 rings (SSSR count). The number of hydrogen-bond donors (Lipinski definition) is 2. The molecule has 1 aliphatic carbocycles. The van der Waals surface area contributed by atoms with Crippen LogP contribution in [-0.4, -0.2) is 36.0 Å². The zero-order valence-electron chi connectivity index (χ0n) is 13.1. The predicted molar refractivity (Wildman–Crippen MR) is 83.2 cm³/mol. The van der Waals surface area contributed by atoms with E-state index in [0.717, 1.165) is 18.6 Å². The van der Waals surface area contributed by atoms with Gasteiger partial charge in [-0.05, 0) is 25.0 Å². The fourth-order valence-corrected chi connectivity index (χ4v) is 2.73. The van der Waals surface area contributed by atoms with Gasteiger partial charge in [-0.3, -0.25) is 4.79 Å². The molecule has 1 aliphatic rings. The first-order valence-corrected chi connectivity index (χ1v) is 7.97. The number of carbonyl (C=O) groups excluding carboxylic acids is 2. The Morgan fingerprint density at radius 1 is 1.32 bits per heavy atom. The van der Waals surface area contributed by atoms with Gasteiger partial charge in [-0.2, -0.15) is 0 Å². The van der Waals surface area contributed by atoms with Crippen molar-refractivity contribution in [3.05, 3.63) is 24.2 Å². The first-order valence-electron chi connectivity index (χ1n) is 7.97. The van der Waals surface area contributed by atoms with Gasteiger partial charge in [0, 0.05) is 26.1 Å². The molecule has 2 N–H and O–H groups in total. The van der Waals surface area contributed by atoms with Crippen molar-refractivity contribution in [1.29, 1.82) is 0 Å². The Labute approximate surface area is 131 Å². The maximum absolute atomic E-state index is 11.8. The zero-order chi connectivity index (χ0) is 15.8. The van der Waals surface area contributed by atoms with E-state index in [-0.39, 0.29) is 11.9 Å². The molecule has 1 heterocycles. The third-order valence-electron chi connectivity index (χ3n) is 3.98. The van der Waals surface area contributed by atoms with Gasteiger partial charge in [0.15, 0.2) is 0 Å². The fourth-order valence-electron chi connectivity index (χ4n) is 2.73. The Morgan fingerprint density at radius 3 is 2.73 bits per heavy atom. The topological polar surface area (TPSA) is 74.6 Å². The summed E-state index contributed by atoms with van der Waals surface area (Å²) in [6.07, 6.45) is 7.35. The molecule has 0 atom stereocenters. The van der Waals surface area contributed by atoms with Crippen LogP contribution in [0.1, 0.15) is 44.8 Å². The maximum atomic E-state index is 11.8. The predicted octanol–water partition coefficient (Wildman–Crippen LogP) is 2.26. The van der Waals surface area contributed by atoms with Gasteiger partial charge in [-0.25, -0.2) is 4.79 Å². The molecule has 1 saturated carbocycles. The van der Waals surface area contributed by atoms with Crippen LogP contribution in [0.3, 0.4) is 0 Å². The van der Waals surface area contributed by atoms with Gasteiger partial charge in [0.1, 0.15) is 5.76 Å². The van der Waals surface area contributed by atoms with Crippen LogP contribution >= 0.6 is 0 Å². The van der Waals surface area contributed by atoms with E-state index in [9.17, 15) is 9.59 Å². The summed E-state index contributed by atoms with van der Waals surface area (Å²) in [6, 6.07) is 3.78. The largest absolute Gasteiger partial charge is 0.467 e. The summed E-state index contributed by atoms with van der Waals surface area (Å²) < 4.78 is 5.25. The molecule has 0 unspecified atom stereocenters. The van der Waals surface area contributed by atoms with Crippen molar-refractivity contribution >= 4 is 11.9 Å². The van der Waals surface area contributed by atoms with Gasteiger partial charge >= 0.3 is 6.03 Å². The van der Waals surface area contributed by atoms with E-state index in [1.807, 2.05) is 6.07 Å². The van der Waals surface area contributed by atoms with Crippen molar-refractivity contribution in [3.63, 3.8) is 0 Å². The number of carbonyl (C=O) groups is 2. The van der Waals surface area contributed by atoms with Crippen LogP contribution < -0.4 is 10.6 Å². The standard InChI is InChI=1S/C16H25N3O3/c1-13(20)19(12-15-8-5-11-22-15)10-9-17-16(21)18-14-6-3-2-4-7-14/h5,8,11,14H,2-4,6-7,9-10,12H2,1H3,(H2,17,18,21). The lowest BCUT2D eigenvalue weighted by molar-refractivity contribution is -0.129. The summed E-state index contributed by atoms with van der Waals surface area (Å²) in [7, 11) is 0. The van der Waals surface area contributed by atoms with E-state index < -0.39 is 0 Å². The molecule has 0 spiro atoms. The van der Waals surface area contributed by atoms with Crippen molar-refractivity contribution in [2.75, 3.05) is 13.1 Å².